The molecule has 1 aromatic heterocycles. The molecule has 2 aliphatic rings. The Labute approximate surface area is 193 Å². The minimum absolute atomic E-state index is 0.0181. The quantitative estimate of drug-likeness (QED) is 0.654. The number of rotatable bonds is 7. The number of aromatic nitrogens is 4. The van der Waals surface area contributed by atoms with Gasteiger partial charge >= 0.3 is 6.09 Å². The zero-order chi connectivity index (χ0) is 23.7. The van der Waals surface area contributed by atoms with Crippen LogP contribution in [0.4, 0.5) is 14.9 Å². The lowest BCUT2D eigenvalue weighted by Crippen LogP contribution is -2.56. The number of carbonyl (C=O) groups is 1. The van der Waals surface area contributed by atoms with Crippen LogP contribution >= 0.6 is 0 Å². The molecule has 1 aliphatic heterocycles. The molecule has 10 heteroatoms. The van der Waals surface area contributed by atoms with Crippen molar-refractivity contribution in [1.82, 2.24) is 25.5 Å². The molecule has 0 bridgehead atoms. The van der Waals surface area contributed by atoms with Crippen molar-refractivity contribution in [1.29, 1.82) is 0 Å². The van der Waals surface area contributed by atoms with Crippen LogP contribution in [0, 0.1) is 5.41 Å². The SMILES string of the molecule is Cn1nnnc1C1(Nc2cccc(CCF)c2)CC2(COC(CNC(=O)OC(C)(C)C)C2)C1. The van der Waals surface area contributed by atoms with E-state index >= 15 is 0 Å². The smallest absolute Gasteiger partial charge is 0.407 e. The van der Waals surface area contributed by atoms with E-state index in [1.807, 2.05) is 52.1 Å². The topological polar surface area (TPSA) is 103 Å². The van der Waals surface area contributed by atoms with Crippen molar-refractivity contribution >= 4 is 11.8 Å². The highest BCUT2D eigenvalue weighted by atomic mass is 19.1. The van der Waals surface area contributed by atoms with Gasteiger partial charge in [-0.15, -0.1) is 5.10 Å². The maximum atomic E-state index is 12.8. The third-order valence-electron chi connectivity index (χ3n) is 6.25. The number of carbonyl (C=O) groups excluding carboxylic acids is 1. The van der Waals surface area contributed by atoms with Gasteiger partial charge in [0.05, 0.1) is 19.4 Å². The number of alkyl halides is 1. The summed E-state index contributed by atoms with van der Waals surface area (Å²) in [6, 6.07) is 7.82. The number of hydrogen-bond donors (Lipinski definition) is 2. The van der Waals surface area contributed by atoms with Crippen LogP contribution in [0.5, 0.6) is 0 Å². The second-order valence-electron chi connectivity index (χ2n) is 10.3. The standard InChI is InChI=1S/C23H33FN6O3/c1-21(2,3)33-20(31)25-12-18-11-22(15-32-18)13-23(14-22,19-27-28-29-30(19)4)26-17-7-5-6-16(10-17)8-9-24/h5-7,10,18,26H,8-9,11-15H2,1-4H3,(H,25,31). The maximum Gasteiger partial charge on any atom is 0.407 e. The third-order valence-corrected chi connectivity index (χ3v) is 6.25. The lowest BCUT2D eigenvalue weighted by atomic mass is 9.56. The van der Waals surface area contributed by atoms with Crippen LogP contribution in [-0.4, -0.2) is 57.8 Å². The average molecular weight is 461 g/mol. The number of tetrazole rings is 1. The first kappa shape index (κ1) is 23.4. The maximum absolute atomic E-state index is 12.8. The zero-order valence-electron chi connectivity index (χ0n) is 19.7. The minimum atomic E-state index is -0.535. The van der Waals surface area contributed by atoms with Gasteiger partial charge in [0.1, 0.15) is 11.1 Å². The second-order valence-corrected chi connectivity index (χ2v) is 10.3. The molecule has 33 heavy (non-hydrogen) atoms. The van der Waals surface area contributed by atoms with Crippen LogP contribution < -0.4 is 10.6 Å². The Hall–Kier alpha value is -2.75. The molecule has 1 saturated heterocycles. The fourth-order valence-electron chi connectivity index (χ4n) is 5.14. The Morgan fingerprint density at radius 1 is 1.36 bits per heavy atom. The number of amides is 1. The number of nitrogens with zero attached hydrogens (tertiary/aromatic N) is 4. The molecule has 180 valence electrons. The summed E-state index contributed by atoms with van der Waals surface area (Å²) in [6.07, 6.45) is 2.31. The number of aryl methyl sites for hydroxylation is 2. The summed E-state index contributed by atoms with van der Waals surface area (Å²) in [6.45, 7) is 6.15. The summed E-state index contributed by atoms with van der Waals surface area (Å²) in [5.41, 5.74) is 0.868. The van der Waals surface area contributed by atoms with Crippen molar-refractivity contribution < 1.29 is 18.7 Å². The van der Waals surface area contributed by atoms with E-state index in [0.717, 1.165) is 36.3 Å². The number of benzene rings is 1. The van der Waals surface area contributed by atoms with Crippen LogP contribution in [-0.2, 0) is 28.5 Å². The lowest BCUT2D eigenvalue weighted by Gasteiger charge is -2.53. The van der Waals surface area contributed by atoms with Gasteiger partial charge in [-0.25, -0.2) is 9.48 Å². The highest BCUT2D eigenvalue weighted by Crippen LogP contribution is 2.59. The van der Waals surface area contributed by atoms with Crippen LogP contribution in [0.3, 0.4) is 0 Å². The van der Waals surface area contributed by atoms with Crippen molar-refractivity contribution in [3.8, 4) is 0 Å². The van der Waals surface area contributed by atoms with Gasteiger partial charge in [0.15, 0.2) is 5.82 Å². The van der Waals surface area contributed by atoms with Gasteiger partial charge in [-0.05, 0) is 68.2 Å². The number of alkyl carbamates (subject to hydrolysis) is 1. The molecule has 1 amide bonds. The van der Waals surface area contributed by atoms with Crippen molar-refractivity contribution in [3.05, 3.63) is 35.7 Å². The first-order chi connectivity index (χ1) is 15.6. The van der Waals surface area contributed by atoms with Gasteiger partial charge in [0.2, 0.25) is 0 Å². The molecular weight excluding hydrogens is 427 g/mol. The number of anilines is 1. The average Bonchev–Trinajstić information content (AvgIpc) is 3.32. The van der Waals surface area contributed by atoms with Gasteiger partial charge in [-0.1, -0.05) is 12.1 Å². The minimum Gasteiger partial charge on any atom is -0.444 e. The zero-order valence-corrected chi connectivity index (χ0v) is 19.7. The number of hydrogen-bond acceptors (Lipinski definition) is 7. The van der Waals surface area contributed by atoms with E-state index in [9.17, 15) is 9.18 Å². The summed E-state index contributed by atoms with van der Waals surface area (Å²) < 4.78 is 25.9. The van der Waals surface area contributed by atoms with E-state index in [1.54, 1.807) is 4.68 Å². The van der Waals surface area contributed by atoms with E-state index in [1.165, 1.54) is 0 Å². The molecule has 0 radical (unpaired) electrons. The lowest BCUT2D eigenvalue weighted by molar-refractivity contribution is 0.0142. The second kappa shape index (κ2) is 8.89. The van der Waals surface area contributed by atoms with Crippen LogP contribution in [0.1, 0.15) is 51.4 Å². The van der Waals surface area contributed by atoms with Gasteiger partial charge in [-0.2, -0.15) is 0 Å². The van der Waals surface area contributed by atoms with Crippen molar-refractivity contribution in [3.63, 3.8) is 0 Å². The van der Waals surface area contributed by atoms with Crippen molar-refractivity contribution in [2.24, 2.45) is 12.5 Å². The van der Waals surface area contributed by atoms with Crippen molar-refractivity contribution in [2.45, 2.75) is 63.7 Å². The molecule has 1 unspecified atom stereocenters. The Balaban J connectivity index is 1.43. The van der Waals surface area contributed by atoms with Gasteiger partial charge in [-0.3, -0.25) is 4.39 Å². The predicted octanol–water partition coefficient (Wildman–Crippen LogP) is 3.12. The number of halogens is 1. The summed E-state index contributed by atoms with van der Waals surface area (Å²) in [4.78, 5) is 12.0. The number of ether oxygens (including phenoxy) is 2. The van der Waals surface area contributed by atoms with Gasteiger partial charge < -0.3 is 20.1 Å². The molecular formula is C23H33FN6O3. The van der Waals surface area contributed by atoms with Gasteiger partial charge in [0.25, 0.3) is 0 Å². The Morgan fingerprint density at radius 3 is 2.82 bits per heavy atom. The van der Waals surface area contributed by atoms with E-state index in [-0.39, 0.29) is 18.2 Å². The Morgan fingerprint density at radius 2 is 2.15 bits per heavy atom. The highest BCUT2D eigenvalue weighted by molar-refractivity contribution is 5.67. The Bertz CT molecular complexity index is 983. The molecule has 2 heterocycles. The fraction of sp³-hybridized carbons (Fsp3) is 0.652. The predicted molar refractivity (Wildman–Crippen MR) is 120 cm³/mol. The molecule has 1 aliphatic carbocycles. The summed E-state index contributed by atoms with van der Waals surface area (Å²) in [5.74, 6) is 0.763. The molecule has 2 aromatic rings. The van der Waals surface area contributed by atoms with E-state index in [4.69, 9.17) is 9.47 Å². The molecule has 2 N–H and O–H groups in total. The summed E-state index contributed by atoms with van der Waals surface area (Å²) in [5, 5.41) is 18.6. The fourth-order valence-corrected chi connectivity index (χ4v) is 5.14. The molecule has 1 atom stereocenters. The molecule has 1 aromatic carbocycles. The molecule has 1 saturated carbocycles. The van der Waals surface area contributed by atoms with Crippen molar-refractivity contribution in [2.75, 3.05) is 25.1 Å². The summed E-state index contributed by atoms with van der Waals surface area (Å²) in [7, 11) is 1.84. The van der Waals surface area contributed by atoms with Crippen LogP contribution in [0.2, 0.25) is 0 Å². The third kappa shape index (κ3) is 5.26. The van der Waals surface area contributed by atoms with Crippen LogP contribution in [0.15, 0.2) is 24.3 Å². The molecule has 2 fully saturated rings. The van der Waals surface area contributed by atoms with Crippen LogP contribution in [0.25, 0.3) is 0 Å². The summed E-state index contributed by atoms with van der Waals surface area (Å²) >= 11 is 0. The molecule has 4 rings (SSSR count). The molecule has 9 nitrogen and oxygen atoms in total. The van der Waals surface area contributed by atoms with E-state index in [2.05, 4.69) is 26.2 Å². The molecule has 1 spiro atoms. The van der Waals surface area contributed by atoms with E-state index in [0.29, 0.717) is 19.6 Å². The largest absolute Gasteiger partial charge is 0.444 e. The highest BCUT2D eigenvalue weighted by Gasteiger charge is 2.60. The normalized spacial score (nSPS) is 26.8. The first-order valence-corrected chi connectivity index (χ1v) is 11.4. The van der Waals surface area contributed by atoms with Gasteiger partial charge in [0, 0.05) is 31.1 Å². The first-order valence-electron chi connectivity index (χ1n) is 11.4. The monoisotopic (exact) mass is 460 g/mol. The number of nitrogens with one attached hydrogen (secondary N) is 2. The Kier molecular flexibility index (Phi) is 6.30. The van der Waals surface area contributed by atoms with E-state index < -0.39 is 17.2 Å².